The number of alkyl halides is 3. The summed E-state index contributed by atoms with van der Waals surface area (Å²) in [7, 11) is 0. The second-order valence-corrected chi connectivity index (χ2v) is 5.59. The first kappa shape index (κ1) is 16.8. The Morgan fingerprint density at radius 3 is 2.18 bits per heavy atom. The van der Waals surface area contributed by atoms with Crippen LogP contribution < -0.4 is 9.64 Å². The number of piperazine rings is 1. The first-order chi connectivity index (χ1) is 10.3. The van der Waals surface area contributed by atoms with Crippen LogP contribution in [-0.2, 0) is 0 Å². The van der Waals surface area contributed by atoms with E-state index in [1.165, 1.54) is 11.8 Å². The zero-order valence-corrected chi connectivity index (χ0v) is 13.0. The summed E-state index contributed by atoms with van der Waals surface area (Å²) in [5.41, 5.74) is 0. The van der Waals surface area contributed by atoms with E-state index in [9.17, 15) is 13.2 Å². The quantitative estimate of drug-likeness (QED) is 0.852. The van der Waals surface area contributed by atoms with Gasteiger partial charge in [-0.25, -0.2) is 9.97 Å². The van der Waals surface area contributed by atoms with Gasteiger partial charge in [-0.15, -0.1) is 0 Å². The lowest BCUT2D eigenvalue weighted by Crippen LogP contribution is -2.53. The van der Waals surface area contributed by atoms with Gasteiger partial charge in [-0.05, 0) is 20.8 Å². The highest BCUT2D eigenvalue weighted by Crippen LogP contribution is 2.28. The fraction of sp³-hybridized carbons (Fsp3) is 0.714. The van der Waals surface area contributed by atoms with Crippen LogP contribution in [0.15, 0.2) is 12.4 Å². The maximum Gasteiger partial charge on any atom is 0.403 e. The summed E-state index contributed by atoms with van der Waals surface area (Å²) < 4.78 is 43.9. The van der Waals surface area contributed by atoms with Gasteiger partial charge >= 0.3 is 6.18 Å². The van der Waals surface area contributed by atoms with Gasteiger partial charge in [0, 0.05) is 38.6 Å². The lowest BCUT2D eigenvalue weighted by atomic mass is 10.2. The molecular weight excluding hydrogens is 297 g/mol. The molecule has 8 heteroatoms. The summed E-state index contributed by atoms with van der Waals surface area (Å²) in [6.45, 7) is 6.58. The number of hydrogen-bond acceptors (Lipinski definition) is 5. The second kappa shape index (κ2) is 6.68. The molecule has 1 aromatic heterocycles. The summed E-state index contributed by atoms with van der Waals surface area (Å²) in [5.74, 6) is 1.02. The molecule has 1 saturated heterocycles. The van der Waals surface area contributed by atoms with Crippen LogP contribution >= 0.6 is 0 Å². The Kier molecular flexibility index (Phi) is 5.10. The van der Waals surface area contributed by atoms with Gasteiger partial charge in [0.2, 0.25) is 0 Å². The van der Waals surface area contributed by atoms with Gasteiger partial charge in [0.25, 0.3) is 5.88 Å². The molecule has 0 N–H and O–H groups in total. The van der Waals surface area contributed by atoms with Crippen molar-refractivity contribution in [2.24, 2.45) is 0 Å². The first-order valence-corrected chi connectivity index (χ1v) is 7.32. The zero-order chi connectivity index (χ0) is 16.3. The maximum absolute atomic E-state index is 12.8. The molecule has 5 nitrogen and oxygen atoms in total. The van der Waals surface area contributed by atoms with Crippen LogP contribution in [0, 0.1) is 0 Å². The molecule has 2 rings (SSSR count). The molecule has 0 bridgehead atoms. The fourth-order valence-electron chi connectivity index (χ4n) is 2.37. The van der Waals surface area contributed by atoms with E-state index in [2.05, 4.69) is 9.97 Å². The largest absolute Gasteiger partial charge is 0.472 e. The highest BCUT2D eigenvalue weighted by molar-refractivity contribution is 5.48. The zero-order valence-electron chi connectivity index (χ0n) is 13.0. The molecule has 22 heavy (non-hydrogen) atoms. The van der Waals surface area contributed by atoms with Crippen molar-refractivity contribution in [3.8, 4) is 5.88 Å². The van der Waals surface area contributed by atoms with Gasteiger partial charge in [-0.1, -0.05) is 0 Å². The predicted molar refractivity (Wildman–Crippen MR) is 77.1 cm³/mol. The third-order valence-electron chi connectivity index (χ3n) is 3.63. The molecule has 0 aromatic carbocycles. The van der Waals surface area contributed by atoms with Crippen LogP contribution in [0.25, 0.3) is 0 Å². The van der Waals surface area contributed by atoms with Crippen LogP contribution in [0.1, 0.15) is 20.8 Å². The van der Waals surface area contributed by atoms with Crippen molar-refractivity contribution in [2.75, 3.05) is 31.1 Å². The summed E-state index contributed by atoms with van der Waals surface area (Å²) in [5, 5.41) is 0. The molecule has 0 amide bonds. The molecule has 1 atom stereocenters. The van der Waals surface area contributed by atoms with Crippen molar-refractivity contribution in [3.05, 3.63) is 12.4 Å². The number of ether oxygens (including phenoxy) is 1. The van der Waals surface area contributed by atoms with Gasteiger partial charge < -0.3 is 9.64 Å². The Bertz CT molecular complexity index is 487. The molecule has 0 radical (unpaired) electrons. The molecule has 1 fully saturated rings. The van der Waals surface area contributed by atoms with Gasteiger partial charge in [-0.2, -0.15) is 13.2 Å². The minimum Gasteiger partial charge on any atom is -0.472 e. The minimum absolute atomic E-state index is 0.0398. The van der Waals surface area contributed by atoms with E-state index in [0.717, 1.165) is 0 Å². The van der Waals surface area contributed by atoms with E-state index in [-0.39, 0.29) is 6.10 Å². The Hall–Kier alpha value is -1.57. The maximum atomic E-state index is 12.8. The Labute approximate surface area is 128 Å². The number of nitrogens with zero attached hydrogens (tertiary/aromatic N) is 4. The highest BCUT2D eigenvalue weighted by atomic mass is 19.4. The topological polar surface area (TPSA) is 41.5 Å². The molecule has 0 spiro atoms. The van der Waals surface area contributed by atoms with Gasteiger partial charge in [-0.3, -0.25) is 4.90 Å². The SMILES string of the molecule is CC(C)Oc1nccnc1N1CCN(C(C)C(F)(F)F)CC1. The Morgan fingerprint density at radius 1 is 1.05 bits per heavy atom. The number of rotatable bonds is 4. The predicted octanol–water partition coefficient (Wildman–Crippen LogP) is 2.34. The second-order valence-electron chi connectivity index (χ2n) is 5.59. The van der Waals surface area contributed by atoms with Crippen molar-refractivity contribution in [1.82, 2.24) is 14.9 Å². The normalized spacial score (nSPS) is 18.6. The van der Waals surface area contributed by atoms with Gasteiger partial charge in [0.05, 0.1) is 6.10 Å². The number of anilines is 1. The standard InChI is InChI=1S/C14H21F3N4O/c1-10(2)22-13-12(18-4-5-19-13)21-8-6-20(7-9-21)11(3)14(15,16)17/h4-5,10-11H,6-9H2,1-3H3. The third kappa shape index (κ3) is 4.00. The van der Waals surface area contributed by atoms with Gasteiger partial charge in [0.1, 0.15) is 6.04 Å². The summed E-state index contributed by atoms with van der Waals surface area (Å²) in [6.07, 6.45) is -1.13. The number of hydrogen-bond donors (Lipinski definition) is 0. The Morgan fingerprint density at radius 2 is 1.64 bits per heavy atom. The van der Waals surface area contributed by atoms with E-state index in [1.807, 2.05) is 18.7 Å². The lowest BCUT2D eigenvalue weighted by Gasteiger charge is -2.39. The molecule has 1 aliphatic heterocycles. The van der Waals surface area contributed by atoms with Crippen LogP contribution in [0.3, 0.4) is 0 Å². The molecular formula is C14H21F3N4O. The van der Waals surface area contributed by atoms with E-state index in [4.69, 9.17) is 4.74 Å². The number of halogens is 3. The van der Waals surface area contributed by atoms with Gasteiger partial charge in [0.15, 0.2) is 5.82 Å². The summed E-state index contributed by atoms with van der Waals surface area (Å²) >= 11 is 0. The van der Waals surface area contributed by atoms with Crippen LogP contribution in [0.2, 0.25) is 0 Å². The minimum atomic E-state index is -4.19. The smallest absolute Gasteiger partial charge is 0.403 e. The van der Waals surface area contributed by atoms with E-state index in [1.54, 1.807) is 12.4 Å². The van der Waals surface area contributed by atoms with Crippen molar-refractivity contribution in [2.45, 2.75) is 39.1 Å². The van der Waals surface area contributed by atoms with Crippen LogP contribution in [0.5, 0.6) is 5.88 Å². The molecule has 1 unspecified atom stereocenters. The van der Waals surface area contributed by atoms with Crippen molar-refractivity contribution in [3.63, 3.8) is 0 Å². The lowest BCUT2D eigenvalue weighted by molar-refractivity contribution is -0.179. The van der Waals surface area contributed by atoms with Crippen LogP contribution in [0.4, 0.5) is 19.0 Å². The van der Waals surface area contributed by atoms with Crippen LogP contribution in [-0.4, -0.2) is 59.4 Å². The molecule has 124 valence electrons. The van der Waals surface area contributed by atoms with E-state index < -0.39 is 12.2 Å². The van der Waals surface area contributed by atoms with Crippen molar-refractivity contribution >= 4 is 5.82 Å². The monoisotopic (exact) mass is 318 g/mol. The molecule has 1 aromatic rings. The molecule has 2 heterocycles. The fourth-order valence-corrected chi connectivity index (χ4v) is 2.37. The van der Waals surface area contributed by atoms with Crippen molar-refractivity contribution < 1.29 is 17.9 Å². The third-order valence-corrected chi connectivity index (χ3v) is 3.63. The molecule has 1 aliphatic rings. The van der Waals surface area contributed by atoms with E-state index >= 15 is 0 Å². The molecule has 0 aliphatic carbocycles. The number of aromatic nitrogens is 2. The summed E-state index contributed by atoms with van der Waals surface area (Å²) in [4.78, 5) is 11.8. The summed E-state index contributed by atoms with van der Waals surface area (Å²) in [6, 6.07) is -1.43. The average Bonchev–Trinajstić information content (AvgIpc) is 2.46. The average molecular weight is 318 g/mol. The van der Waals surface area contributed by atoms with E-state index in [0.29, 0.717) is 37.9 Å². The first-order valence-electron chi connectivity index (χ1n) is 7.32. The van der Waals surface area contributed by atoms with Crippen molar-refractivity contribution in [1.29, 1.82) is 0 Å². The molecule has 0 saturated carbocycles. The Balaban J connectivity index is 2.03. The highest BCUT2D eigenvalue weighted by Gasteiger charge is 2.41.